The van der Waals surface area contributed by atoms with Crippen LogP contribution in [0.5, 0.6) is 0 Å². The molecule has 1 amide bonds. The molecule has 2 aromatic rings. The summed E-state index contributed by atoms with van der Waals surface area (Å²) in [6.45, 7) is 8.95. The van der Waals surface area contributed by atoms with E-state index in [1.165, 1.54) is 17.8 Å². The number of sulfonamides is 1. The summed E-state index contributed by atoms with van der Waals surface area (Å²) >= 11 is 4.87. The van der Waals surface area contributed by atoms with Crippen LogP contribution in [-0.4, -0.2) is 37.8 Å². The van der Waals surface area contributed by atoms with Crippen molar-refractivity contribution in [3.05, 3.63) is 52.5 Å². The Kier molecular flexibility index (Phi) is 7.89. The zero-order valence-electron chi connectivity index (χ0n) is 18.3. The summed E-state index contributed by atoms with van der Waals surface area (Å²) in [5.41, 5.74) is 0.376. The first kappa shape index (κ1) is 24.3. The second-order valence-electron chi connectivity index (χ2n) is 8.61. The summed E-state index contributed by atoms with van der Waals surface area (Å²) < 4.78 is 29.3. The van der Waals surface area contributed by atoms with E-state index in [4.69, 9.17) is 0 Å². The van der Waals surface area contributed by atoms with E-state index in [0.717, 1.165) is 20.7 Å². The number of nitrogens with zero attached hydrogens (tertiary/aromatic N) is 1. The van der Waals surface area contributed by atoms with E-state index in [9.17, 15) is 13.2 Å². The Morgan fingerprint density at radius 1 is 1.10 bits per heavy atom. The molecule has 0 saturated carbocycles. The quantitative estimate of drug-likeness (QED) is 0.548. The average Bonchev–Trinajstić information content (AvgIpc) is 2.68. The van der Waals surface area contributed by atoms with Crippen molar-refractivity contribution in [2.75, 3.05) is 13.1 Å². The van der Waals surface area contributed by atoms with E-state index >= 15 is 0 Å². The molecular formula is C23H29BrN2O3S2. The van der Waals surface area contributed by atoms with Crippen molar-refractivity contribution in [1.29, 1.82) is 0 Å². The van der Waals surface area contributed by atoms with Gasteiger partial charge in [0.05, 0.1) is 10.5 Å². The van der Waals surface area contributed by atoms with Crippen LogP contribution in [-0.2, 0) is 10.0 Å². The van der Waals surface area contributed by atoms with Crippen LogP contribution in [0.25, 0.3) is 0 Å². The third-order valence-electron chi connectivity index (χ3n) is 5.13. The van der Waals surface area contributed by atoms with Crippen LogP contribution in [0, 0.1) is 11.8 Å². The van der Waals surface area contributed by atoms with Gasteiger partial charge in [0.15, 0.2) is 0 Å². The van der Waals surface area contributed by atoms with Gasteiger partial charge in [-0.05, 0) is 74.6 Å². The van der Waals surface area contributed by atoms with Gasteiger partial charge in [-0.1, -0.05) is 41.5 Å². The normalized spacial score (nSPS) is 20.1. The molecular weight excluding hydrogens is 496 g/mol. The minimum absolute atomic E-state index is 0.0536. The summed E-state index contributed by atoms with van der Waals surface area (Å²) in [4.78, 5) is 14.8. The number of carbonyl (C=O) groups is 1. The summed E-state index contributed by atoms with van der Waals surface area (Å²) in [6, 6.07) is 12.6. The molecule has 0 radical (unpaired) electrons. The van der Waals surface area contributed by atoms with Crippen molar-refractivity contribution in [2.45, 2.75) is 54.8 Å². The molecule has 8 heteroatoms. The average molecular weight is 526 g/mol. The van der Waals surface area contributed by atoms with Gasteiger partial charge < -0.3 is 5.32 Å². The fourth-order valence-corrected chi connectivity index (χ4v) is 6.75. The van der Waals surface area contributed by atoms with E-state index in [-0.39, 0.29) is 16.8 Å². The molecule has 2 aromatic carbocycles. The highest BCUT2D eigenvalue weighted by Crippen LogP contribution is 2.34. The SMILES string of the molecule is CC(C)NC(=O)c1cc(S(=O)(=O)N2C[C@H](C)C[C@@H](C)C2)ccc1Sc1ccc(Br)cc1. The second-order valence-corrected chi connectivity index (χ2v) is 12.6. The molecule has 2 atom stereocenters. The summed E-state index contributed by atoms with van der Waals surface area (Å²) in [7, 11) is -3.67. The second kappa shape index (κ2) is 10.1. The molecule has 31 heavy (non-hydrogen) atoms. The van der Waals surface area contributed by atoms with Crippen LogP contribution in [0.4, 0.5) is 0 Å². The molecule has 3 rings (SSSR count). The first-order chi connectivity index (χ1) is 14.6. The van der Waals surface area contributed by atoms with Gasteiger partial charge in [-0.2, -0.15) is 4.31 Å². The maximum absolute atomic E-state index is 13.4. The lowest BCUT2D eigenvalue weighted by atomic mass is 9.94. The number of carbonyl (C=O) groups excluding carboxylic acids is 1. The van der Waals surface area contributed by atoms with Gasteiger partial charge in [0, 0.05) is 33.4 Å². The summed E-state index contributed by atoms with van der Waals surface area (Å²) in [5, 5.41) is 2.90. The van der Waals surface area contributed by atoms with Crippen molar-refractivity contribution < 1.29 is 13.2 Å². The molecule has 1 aliphatic heterocycles. The van der Waals surface area contributed by atoms with Crippen molar-refractivity contribution in [2.24, 2.45) is 11.8 Å². The first-order valence-electron chi connectivity index (χ1n) is 10.4. The molecule has 0 aromatic heterocycles. The molecule has 1 aliphatic rings. The summed E-state index contributed by atoms with van der Waals surface area (Å²) in [5.74, 6) is 0.357. The number of nitrogens with one attached hydrogen (secondary N) is 1. The molecule has 0 bridgehead atoms. The highest BCUT2D eigenvalue weighted by Gasteiger charge is 2.32. The molecule has 168 valence electrons. The van der Waals surface area contributed by atoms with Gasteiger partial charge in [-0.15, -0.1) is 0 Å². The van der Waals surface area contributed by atoms with Gasteiger partial charge in [0.25, 0.3) is 5.91 Å². The molecule has 1 N–H and O–H groups in total. The lowest BCUT2D eigenvalue weighted by Gasteiger charge is -2.34. The monoisotopic (exact) mass is 524 g/mol. The first-order valence-corrected chi connectivity index (χ1v) is 13.5. The summed E-state index contributed by atoms with van der Waals surface area (Å²) in [6.07, 6.45) is 1.02. The van der Waals surface area contributed by atoms with Gasteiger partial charge in [-0.25, -0.2) is 8.42 Å². The van der Waals surface area contributed by atoms with Crippen LogP contribution in [0.15, 0.2) is 61.6 Å². The predicted molar refractivity (Wildman–Crippen MR) is 129 cm³/mol. The molecule has 1 saturated heterocycles. The minimum atomic E-state index is -3.67. The van der Waals surface area contributed by atoms with E-state index in [1.807, 2.05) is 38.1 Å². The van der Waals surface area contributed by atoms with Crippen molar-refractivity contribution in [3.8, 4) is 0 Å². The highest BCUT2D eigenvalue weighted by atomic mass is 79.9. The number of halogens is 1. The zero-order chi connectivity index (χ0) is 22.8. The Morgan fingerprint density at radius 2 is 1.71 bits per heavy atom. The van der Waals surface area contributed by atoms with Crippen LogP contribution < -0.4 is 5.32 Å². The van der Waals surface area contributed by atoms with Crippen LogP contribution in [0.1, 0.15) is 44.5 Å². The van der Waals surface area contributed by atoms with Crippen molar-refractivity contribution >= 4 is 43.6 Å². The van der Waals surface area contributed by atoms with E-state index < -0.39 is 10.0 Å². The van der Waals surface area contributed by atoms with Gasteiger partial charge in [0.2, 0.25) is 10.0 Å². The molecule has 0 aliphatic carbocycles. The number of hydrogen-bond donors (Lipinski definition) is 1. The predicted octanol–water partition coefficient (Wildman–Crippen LogP) is 5.41. The molecule has 1 fully saturated rings. The third-order valence-corrected chi connectivity index (χ3v) is 8.57. The molecule has 5 nitrogen and oxygen atoms in total. The number of amides is 1. The Balaban J connectivity index is 1.98. The molecule has 0 unspecified atom stereocenters. The number of benzene rings is 2. The minimum Gasteiger partial charge on any atom is -0.350 e. The smallest absolute Gasteiger partial charge is 0.252 e. The van der Waals surface area contributed by atoms with Crippen LogP contribution >= 0.6 is 27.7 Å². The van der Waals surface area contributed by atoms with E-state index in [1.54, 1.807) is 16.4 Å². The Hall–Kier alpha value is -1.35. The van der Waals surface area contributed by atoms with E-state index in [0.29, 0.717) is 30.5 Å². The van der Waals surface area contributed by atoms with Gasteiger partial charge in [0.1, 0.15) is 0 Å². The van der Waals surface area contributed by atoms with Crippen LogP contribution in [0.3, 0.4) is 0 Å². The fourth-order valence-electron chi connectivity index (χ4n) is 3.86. The van der Waals surface area contributed by atoms with Gasteiger partial charge in [-0.3, -0.25) is 4.79 Å². The largest absolute Gasteiger partial charge is 0.350 e. The Morgan fingerprint density at radius 3 is 2.29 bits per heavy atom. The Bertz CT molecular complexity index is 1030. The standard InChI is InChI=1S/C23H29BrN2O3S2/c1-15(2)25-23(27)21-12-20(31(28,29)26-13-16(3)11-17(4)14-26)9-10-22(21)30-19-7-5-18(24)6-8-19/h5-10,12,15-17H,11,13-14H2,1-4H3,(H,25,27)/t16-,17-/m1/s1. The maximum atomic E-state index is 13.4. The Labute approximate surface area is 198 Å². The zero-order valence-corrected chi connectivity index (χ0v) is 21.5. The fraction of sp³-hybridized carbons (Fsp3) is 0.435. The number of piperidine rings is 1. The van der Waals surface area contributed by atoms with Crippen molar-refractivity contribution in [1.82, 2.24) is 9.62 Å². The highest BCUT2D eigenvalue weighted by molar-refractivity contribution is 9.10. The lowest BCUT2D eigenvalue weighted by Crippen LogP contribution is -2.42. The number of hydrogen-bond acceptors (Lipinski definition) is 4. The van der Waals surface area contributed by atoms with E-state index in [2.05, 4.69) is 35.1 Å². The topological polar surface area (TPSA) is 66.5 Å². The number of rotatable bonds is 6. The maximum Gasteiger partial charge on any atom is 0.252 e. The van der Waals surface area contributed by atoms with Gasteiger partial charge >= 0.3 is 0 Å². The molecule has 1 heterocycles. The lowest BCUT2D eigenvalue weighted by molar-refractivity contribution is 0.0940. The van der Waals surface area contributed by atoms with Crippen LogP contribution in [0.2, 0.25) is 0 Å². The van der Waals surface area contributed by atoms with Crippen molar-refractivity contribution in [3.63, 3.8) is 0 Å². The third kappa shape index (κ3) is 6.12. The molecule has 0 spiro atoms.